The number of fused-ring (bicyclic) bond motifs is 1. The number of aromatic nitrogens is 2. The summed E-state index contributed by atoms with van der Waals surface area (Å²) < 4.78 is 0. The van der Waals surface area contributed by atoms with Crippen molar-refractivity contribution in [2.24, 2.45) is 0 Å². The van der Waals surface area contributed by atoms with Crippen molar-refractivity contribution in [2.45, 2.75) is 51.5 Å². The molecular formula is C16H21N3O. The number of nitrogens with one attached hydrogen (secondary N) is 2. The summed E-state index contributed by atoms with van der Waals surface area (Å²) >= 11 is 0. The Morgan fingerprint density at radius 3 is 2.90 bits per heavy atom. The lowest BCUT2D eigenvalue weighted by molar-refractivity contribution is 0.0928. The number of rotatable bonds is 3. The van der Waals surface area contributed by atoms with Crippen LogP contribution in [0, 0.1) is 0 Å². The van der Waals surface area contributed by atoms with Crippen molar-refractivity contribution in [1.82, 2.24) is 15.3 Å². The molecule has 4 nitrogen and oxygen atoms in total. The maximum Gasteiger partial charge on any atom is 0.251 e. The van der Waals surface area contributed by atoms with Gasteiger partial charge >= 0.3 is 0 Å². The quantitative estimate of drug-likeness (QED) is 0.900. The van der Waals surface area contributed by atoms with Crippen molar-refractivity contribution >= 4 is 16.9 Å². The number of aromatic amines is 1. The number of carbonyl (C=O) groups is 1. The van der Waals surface area contributed by atoms with Gasteiger partial charge in [0.05, 0.1) is 11.0 Å². The summed E-state index contributed by atoms with van der Waals surface area (Å²) in [6.45, 7) is 2.06. The molecule has 3 rings (SSSR count). The second-order valence-electron chi connectivity index (χ2n) is 5.58. The minimum atomic E-state index is 0.0337. The van der Waals surface area contributed by atoms with Crippen LogP contribution in [0.1, 0.15) is 55.2 Å². The predicted octanol–water partition coefficient (Wildman–Crippen LogP) is 3.19. The number of benzene rings is 1. The molecule has 20 heavy (non-hydrogen) atoms. The Hall–Kier alpha value is -1.84. The molecule has 1 aromatic carbocycles. The molecule has 2 aromatic rings. The highest BCUT2D eigenvalue weighted by Gasteiger charge is 2.17. The zero-order chi connectivity index (χ0) is 13.9. The van der Waals surface area contributed by atoms with E-state index in [2.05, 4.69) is 22.2 Å². The molecule has 2 N–H and O–H groups in total. The molecule has 0 spiro atoms. The zero-order valence-electron chi connectivity index (χ0n) is 11.9. The van der Waals surface area contributed by atoms with E-state index in [9.17, 15) is 4.79 Å². The summed E-state index contributed by atoms with van der Waals surface area (Å²) in [5, 5.41) is 3.15. The normalized spacial score (nSPS) is 16.4. The number of nitrogens with zero attached hydrogens (tertiary/aromatic N) is 1. The Kier molecular flexibility index (Phi) is 3.72. The lowest BCUT2D eigenvalue weighted by atomic mass is 9.95. The minimum Gasteiger partial charge on any atom is -0.349 e. The fourth-order valence-electron chi connectivity index (χ4n) is 2.89. The van der Waals surface area contributed by atoms with Gasteiger partial charge in [0, 0.05) is 18.0 Å². The first kappa shape index (κ1) is 13.2. The number of hydrogen-bond donors (Lipinski definition) is 2. The molecular weight excluding hydrogens is 250 g/mol. The van der Waals surface area contributed by atoms with E-state index in [1.54, 1.807) is 0 Å². The van der Waals surface area contributed by atoms with Gasteiger partial charge < -0.3 is 10.3 Å². The van der Waals surface area contributed by atoms with E-state index in [1.165, 1.54) is 19.3 Å². The number of carbonyl (C=O) groups excluding carboxylic acids is 1. The van der Waals surface area contributed by atoms with Crippen LogP contribution in [-0.4, -0.2) is 21.9 Å². The molecule has 4 heteroatoms. The van der Waals surface area contributed by atoms with Crippen LogP contribution in [0.5, 0.6) is 0 Å². The van der Waals surface area contributed by atoms with Crippen LogP contribution in [0.25, 0.3) is 11.0 Å². The number of imidazole rings is 1. The third kappa shape index (κ3) is 2.69. The molecule has 0 bridgehead atoms. The van der Waals surface area contributed by atoms with E-state index in [4.69, 9.17) is 0 Å². The Morgan fingerprint density at radius 2 is 2.15 bits per heavy atom. The van der Waals surface area contributed by atoms with Crippen molar-refractivity contribution in [3.8, 4) is 0 Å². The first-order valence-electron chi connectivity index (χ1n) is 7.56. The third-order valence-electron chi connectivity index (χ3n) is 4.07. The molecule has 106 valence electrons. The van der Waals surface area contributed by atoms with Gasteiger partial charge in [0.25, 0.3) is 5.91 Å². The molecule has 0 unspecified atom stereocenters. The summed E-state index contributed by atoms with van der Waals surface area (Å²) in [7, 11) is 0. The largest absolute Gasteiger partial charge is 0.349 e. The standard InChI is InChI=1S/C16H21N3O/c1-2-15-18-13-9-8-11(10-14(13)19-15)16(20)17-12-6-4-3-5-7-12/h8-10,12H,2-7H2,1H3,(H,17,20)(H,18,19). The van der Waals surface area contributed by atoms with Crippen LogP contribution in [0.2, 0.25) is 0 Å². The summed E-state index contributed by atoms with van der Waals surface area (Å²) in [5.41, 5.74) is 2.59. The zero-order valence-corrected chi connectivity index (χ0v) is 11.9. The van der Waals surface area contributed by atoms with Gasteiger partial charge in [0.15, 0.2) is 0 Å². The van der Waals surface area contributed by atoms with Crippen LogP contribution >= 0.6 is 0 Å². The maximum atomic E-state index is 12.3. The van der Waals surface area contributed by atoms with Gasteiger partial charge in [-0.2, -0.15) is 0 Å². The molecule has 1 fully saturated rings. The number of amides is 1. The smallest absolute Gasteiger partial charge is 0.251 e. The maximum absolute atomic E-state index is 12.3. The van der Waals surface area contributed by atoms with Crippen molar-refractivity contribution in [3.63, 3.8) is 0 Å². The lowest BCUT2D eigenvalue weighted by Gasteiger charge is -2.22. The van der Waals surface area contributed by atoms with E-state index < -0.39 is 0 Å². The molecule has 1 heterocycles. The highest BCUT2D eigenvalue weighted by atomic mass is 16.1. The van der Waals surface area contributed by atoms with Gasteiger partial charge in [0.2, 0.25) is 0 Å². The van der Waals surface area contributed by atoms with E-state index in [0.717, 1.165) is 41.7 Å². The number of aryl methyl sites for hydroxylation is 1. The molecule has 0 atom stereocenters. The number of H-pyrrole nitrogens is 1. The second-order valence-corrected chi connectivity index (χ2v) is 5.58. The average molecular weight is 271 g/mol. The SMILES string of the molecule is CCc1nc2ccc(C(=O)NC3CCCCC3)cc2[nH]1. The van der Waals surface area contributed by atoms with Crippen molar-refractivity contribution < 1.29 is 4.79 Å². The number of hydrogen-bond acceptors (Lipinski definition) is 2. The average Bonchev–Trinajstić information content (AvgIpc) is 2.90. The van der Waals surface area contributed by atoms with Gasteiger partial charge in [0.1, 0.15) is 5.82 Å². The van der Waals surface area contributed by atoms with Crippen LogP contribution in [-0.2, 0) is 6.42 Å². The van der Waals surface area contributed by atoms with Gasteiger partial charge in [-0.1, -0.05) is 26.2 Å². The highest BCUT2D eigenvalue weighted by Crippen LogP contribution is 2.19. The van der Waals surface area contributed by atoms with Crippen LogP contribution < -0.4 is 5.32 Å². The lowest BCUT2D eigenvalue weighted by Crippen LogP contribution is -2.36. The van der Waals surface area contributed by atoms with Crippen molar-refractivity contribution in [3.05, 3.63) is 29.6 Å². The van der Waals surface area contributed by atoms with Crippen molar-refractivity contribution in [1.29, 1.82) is 0 Å². The topological polar surface area (TPSA) is 57.8 Å². The molecule has 1 saturated carbocycles. The Balaban J connectivity index is 1.76. The summed E-state index contributed by atoms with van der Waals surface area (Å²) in [6, 6.07) is 6.03. The van der Waals surface area contributed by atoms with Crippen LogP contribution in [0.15, 0.2) is 18.2 Å². The molecule has 1 aliphatic rings. The predicted molar refractivity (Wildman–Crippen MR) is 79.8 cm³/mol. The molecule has 0 aliphatic heterocycles. The third-order valence-corrected chi connectivity index (χ3v) is 4.07. The first-order valence-corrected chi connectivity index (χ1v) is 7.56. The summed E-state index contributed by atoms with van der Waals surface area (Å²) in [5.74, 6) is 0.997. The van der Waals surface area contributed by atoms with E-state index >= 15 is 0 Å². The highest BCUT2D eigenvalue weighted by molar-refractivity contribution is 5.97. The molecule has 1 aliphatic carbocycles. The Bertz CT molecular complexity index is 611. The molecule has 0 saturated heterocycles. The first-order chi connectivity index (χ1) is 9.76. The fourth-order valence-corrected chi connectivity index (χ4v) is 2.89. The van der Waals surface area contributed by atoms with Crippen molar-refractivity contribution in [2.75, 3.05) is 0 Å². The van der Waals surface area contributed by atoms with E-state index in [1.807, 2.05) is 18.2 Å². The van der Waals surface area contributed by atoms with E-state index in [-0.39, 0.29) is 5.91 Å². The molecule has 1 amide bonds. The van der Waals surface area contributed by atoms with Crippen LogP contribution in [0.4, 0.5) is 0 Å². The monoisotopic (exact) mass is 271 g/mol. The summed E-state index contributed by atoms with van der Waals surface area (Å²) in [6.07, 6.45) is 6.84. The van der Waals surface area contributed by atoms with Gasteiger partial charge in [-0.05, 0) is 31.0 Å². The molecule has 1 aromatic heterocycles. The summed E-state index contributed by atoms with van der Waals surface area (Å²) in [4.78, 5) is 20.0. The van der Waals surface area contributed by atoms with Gasteiger partial charge in [-0.3, -0.25) is 4.79 Å². The van der Waals surface area contributed by atoms with Crippen LogP contribution in [0.3, 0.4) is 0 Å². The van der Waals surface area contributed by atoms with Gasteiger partial charge in [-0.25, -0.2) is 4.98 Å². The van der Waals surface area contributed by atoms with E-state index in [0.29, 0.717) is 6.04 Å². The Morgan fingerprint density at radius 1 is 1.35 bits per heavy atom. The minimum absolute atomic E-state index is 0.0337. The second kappa shape index (κ2) is 5.65. The Labute approximate surface area is 119 Å². The molecule has 0 radical (unpaired) electrons. The fraction of sp³-hybridized carbons (Fsp3) is 0.500. The van der Waals surface area contributed by atoms with Gasteiger partial charge in [-0.15, -0.1) is 0 Å².